The van der Waals surface area contributed by atoms with Crippen molar-refractivity contribution in [3.05, 3.63) is 71.7 Å². The average Bonchev–Trinajstić information content (AvgIpc) is 3.54. The third kappa shape index (κ3) is 5.42. The molecule has 3 aromatic rings. The van der Waals surface area contributed by atoms with Crippen LogP contribution in [0.5, 0.6) is 5.75 Å². The lowest BCUT2D eigenvalue weighted by Crippen LogP contribution is -2.37. The van der Waals surface area contributed by atoms with E-state index in [2.05, 4.69) is 20.4 Å². The van der Waals surface area contributed by atoms with Gasteiger partial charge in [0.2, 0.25) is 0 Å². The zero-order valence-corrected chi connectivity index (χ0v) is 18.6. The van der Waals surface area contributed by atoms with Gasteiger partial charge in [-0.15, -0.1) is 0 Å². The Morgan fingerprint density at radius 3 is 2.79 bits per heavy atom. The maximum Gasteiger partial charge on any atom is 0.255 e. The quantitative estimate of drug-likeness (QED) is 0.536. The third-order valence-corrected chi connectivity index (χ3v) is 6.37. The number of carbonyl (C=O) groups excluding carboxylic acids is 1. The number of nitrogens with zero attached hydrogens (tertiary/aromatic N) is 2. The van der Waals surface area contributed by atoms with Gasteiger partial charge in [0.15, 0.2) is 0 Å². The molecule has 1 unspecified atom stereocenters. The van der Waals surface area contributed by atoms with E-state index in [9.17, 15) is 9.18 Å². The average molecular weight is 449 g/mol. The van der Waals surface area contributed by atoms with Crippen LogP contribution in [0.25, 0.3) is 11.3 Å². The normalized spacial score (nSPS) is 18.8. The number of aromatic nitrogens is 2. The Balaban J connectivity index is 1.19. The highest BCUT2D eigenvalue weighted by atomic mass is 19.1. The van der Waals surface area contributed by atoms with Crippen LogP contribution < -0.4 is 10.1 Å². The maximum atomic E-state index is 13.3. The molecule has 5 rings (SSSR count). The van der Waals surface area contributed by atoms with Crippen molar-refractivity contribution in [1.29, 1.82) is 0 Å². The SMILES string of the molecule is O=C(NC1CC1)c1ccccc1OCC1CCCN(Cc2cn[nH]c2-c2ccc(F)cc2)C1. The number of carbonyl (C=O) groups is 1. The molecule has 2 aromatic carbocycles. The molecule has 0 spiro atoms. The third-order valence-electron chi connectivity index (χ3n) is 6.37. The van der Waals surface area contributed by atoms with Gasteiger partial charge in [0.05, 0.1) is 24.1 Å². The van der Waals surface area contributed by atoms with Gasteiger partial charge < -0.3 is 10.1 Å². The second kappa shape index (κ2) is 9.75. The number of piperidine rings is 1. The minimum absolute atomic E-state index is 0.0494. The van der Waals surface area contributed by atoms with E-state index >= 15 is 0 Å². The summed E-state index contributed by atoms with van der Waals surface area (Å²) in [5.41, 5.74) is 3.58. The summed E-state index contributed by atoms with van der Waals surface area (Å²) in [5, 5.41) is 10.3. The van der Waals surface area contributed by atoms with Gasteiger partial charge in [-0.2, -0.15) is 5.10 Å². The topological polar surface area (TPSA) is 70.2 Å². The number of para-hydroxylation sites is 1. The zero-order chi connectivity index (χ0) is 22.6. The molecule has 1 aliphatic heterocycles. The monoisotopic (exact) mass is 448 g/mol. The number of likely N-dealkylation sites (tertiary alicyclic amines) is 1. The van der Waals surface area contributed by atoms with Crippen LogP contribution in [-0.2, 0) is 6.54 Å². The van der Waals surface area contributed by atoms with Gasteiger partial charge in [-0.3, -0.25) is 14.8 Å². The summed E-state index contributed by atoms with van der Waals surface area (Å²) < 4.78 is 19.4. The van der Waals surface area contributed by atoms with Crippen molar-refractivity contribution in [3.8, 4) is 17.0 Å². The van der Waals surface area contributed by atoms with Crippen molar-refractivity contribution >= 4 is 5.91 Å². The summed E-state index contributed by atoms with van der Waals surface area (Å²) in [7, 11) is 0. The number of rotatable bonds is 8. The predicted octanol–water partition coefficient (Wildman–Crippen LogP) is 4.40. The van der Waals surface area contributed by atoms with E-state index in [4.69, 9.17) is 4.74 Å². The highest BCUT2D eigenvalue weighted by molar-refractivity contribution is 5.97. The van der Waals surface area contributed by atoms with Gasteiger partial charge in [-0.1, -0.05) is 12.1 Å². The van der Waals surface area contributed by atoms with E-state index in [0.29, 0.717) is 29.9 Å². The Morgan fingerprint density at radius 1 is 1.15 bits per heavy atom. The Morgan fingerprint density at radius 2 is 1.97 bits per heavy atom. The molecule has 1 aliphatic carbocycles. The minimum atomic E-state index is -0.245. The largest absolute Gasteiger partial charge is 0.492 e. The molecule has 1 saturated heterocycles. The van der Waals surface area contributed by atoms with Crippen molar-refractivity contribution < 1.29 is 13.9 Å². The molecule has 7 heteroatoms. The summed E-state index contributed by atoms with van der Waals surface area (Å²) in [6.45, 7) is 3.30. The Bertz CT molecular complexity index is 1090. The molecule has 2 heterocycles. The van der Waals surface area contributed by atoms with Crippen LogP contribution in [0, 0.1) is 11.7 Å². The first-order chi connectivity index (χ1) is 16.2. The van der Waals surface area contributed by atoms with Gasteiger partial charge >= 0.3 is 0 Å². The molecule has 33 heavy (non-hydrogen) atoms. The van der Waals surface area contributed by atoms with Crippen LogP contribution in [0.3, 0.4) is 0 Å². The van der Waals surface area contributed by atoms with Crippen molar-refractivity contribution in [2.45, 2.75) is 38.3 Å². The van der Waals surface area contributed by atoms with E-state index in [0.717, 1.165) is 62.1 Å². The van der Waals surface area contributed by atoms with Crippen LogP contribution in [-0.4, -0.2) is 46.7 Å². The highest BCUT2D eigenvalue weighted by Gasteiger charge is 2.26. The first-order valence-corrected chi connectivity index (χ1v) is 11.7. The number of amides is 1. The molecule has 1 amide bonds. The van der Waals surface area contributed by atoms with Crippen LogP contribution in [0.2, 0.25) is 0 Å². The lowest BCUT2D eigenvalue weighted by Gasteiger charge is -2.32. The van der Waals surface area contributed by atoms with E-state index in [1.807, 2.05) is 30.5 Å². The number of H-pyrrole nitrogens is 1. The van der Waals surface area contributed by atoms with E-state index in [-0.39, 0.29) is 11.7 Å². The molecule has 0 radical (unpaired) electrons. The number of benzene rings is 2. The lowest BCUT2D eigenvalue weighted by molar-refractivity contribution is 0.0940. The van der Waals surface area contributed by atoms with E-state index in [1.54, 1.807) is 12.1 Å². The van der Waals surface area contributed by atoms with Gasteiger partial charge in [0, 0.05) is 36.2 Å². The maximum absolute atomic E-state index is 13.3. The molecule has 0 bridgehead atoms. The van der Waals surface area contributed by atoms with E-state index < -0.39 is 0 Å². The number of hydrogen-bond donors (Lipinski definition) is 2. The fraction of sp³-hybridized carbons (Fsp3) is 0.385. The Labute approximate surface area is 193 Å². The van der Waals surface area contributed by atoms with Crippen molar-refractivity contribution in [1.82, 2.24) is 20.4 Å². The Kier molecular flexibility index (Phi) is 6.39. The number of hydrogen-bond acceptors (Lipinski definition) is 4. The standard InChI is InChI=1S/C26H29FN4O2/c27-21-9-7-19(8-10-21)25-20(14-28-30-25)16-31-13-3-4-18(15-31)17-33-24-6-2-1-5-23(24)26(32)29-22-11-12-22/h1-2,5-10,14,18,22H,3-4,11-13,15-17H2,(H,28,30)(H,29,32). The fourth-order valence-corrected chi connectivity index (χ4v) is 4.45. The van der Waals surface area contributed by atoms with Gasteiger partial charge in [0.25, 0.3) is 5.91 Å². The molecular weight excluding hydrogens is 419 g/mol. The first kappa shape index (κ1) is 21.6. The fourth-order valence-electron chi connectivity index (χ4n) is 4.45. The first-order valence-electron chi connectivity index (χ1n) is 11.7. The van der Waals surface area contributed by atoms with Crippen molar-refractivity contribution in [2.24, 2.45) is 5.92 Å². The molecule has 2 fully saturated rings. The number of nitrogens with one attached hydrogen (secondary N) is 2. The summed E-state index contributed by atoms with van der Waals surface area (Å²) in [5.74, 6) is 0.748. The van der Waals surface area contributed by atoms with Crippen LogP contribution in [0.1, 0.15) is 41.6 Å². The lowest BCUT2D eigenvalue weighted by atomic mass is 9.98. The molecule has 1 saturated carbocycles. The van der Waals surface area contributed by atoms with Gasteiger partial charge in [-0.25, -0.2) is 4.39 Å². The smallest absolute Gasteiger partial charge is 0.255 e. The molecule has 6 nitrogen and oxygen atoms in total. The second-order valence-corrected chi connectivity index (χ2v) is 9.08. The van der Waals surface area contributed by atoms with E-state index in [1.165, 1.54) is 12.1 Å². The van der Waals surface area contributed by atoms with Crippen LogP contribution in [0.4, 0.5) is 4.39 Å². The summed E-state index contributed by atoms with van der Waals surface area (Å²) in [6, 6.07) is 14.3. The van der Waals surface area contributed by atoms with Crippen LogP contribution >= 0.6 is 0 Å². The molecule has 1 aromatic heterocycles. The summed E-state index contributed by atoms with van der Waals surface area (Å²) in [4.78, 5) is 15.0. The Hall–Kier alpha value is -3.19. The van der Waals surface area contributed by atoms with Crippen molar-refractivity contribution in [3.63, 3.8) is 0 Å². The number of ether oxygens (including phenoxy) is 1. The second-order valence-electron chi connectivity index (χ2n) is 9.08. The number of halogens is 1. The van der Waals surface area contributed by atoms with Gasteiger partial charge in [-0.05, 0) is 68.6 Å². The molecule has 172 valence electrons. The molecular formula is C26H29FN4O2. The predicted molar refractivity (Wildman–Crippen MR) is 124 cm³/mol. The van der Waals surface area contributed by atoms with Gasteiger partial charge in [0.1, 0.15) is 11.6 Å². The molecule has 2 aliphatic rings. The van der Waals surface area contributed by atoms with Crippen molar-refractivity contribution in [2.75, 3.05) is 19.7 Å². The van der Waals surface area contributed by atoms with Crippen LogP contribution in [0.15, 0.2) is 54.7 Å². The molecule has 1 atom stereocenters. The highest BCUT2D eigenvalue weighted by Crippen LogP contribution is 2.27. The minimum Gasteiger partial charge on any atom is -0.492 e. The molecule has 2 N–H and O–H groups in total. The number of aromatic amines is 1. The summed E-state index contributed by atoms with van der Waals surface area (Å²) >= 11 is 0. The zero-order valence-electron chi connectivity index (χ0n) is 18.6. The summed E-state index contributed by atoms with van der Waals surface area (Å²) in [6.07, 6.45) is 6.18.